The highest BCUT2D eigenvalue weighted by atomic mass is 16.5. The van der Waals surface area contributed by atoms with Gasteiger partial charge in [-0.3, -0.25) is 14.4 Å². The summed E-state index contributed by atoms with van der Waals surface area (Å²) in [5.41, 5.74) is -0.836. The van der Waals surface area contributed by atoms with Gasteiger partial charge in [-0.2, -0.15) is 0 Å². The Kier molecular flexibility index (Phi) is 8.59. The zero-order chi connectivity index (χ0) is 26.6. The first-order chi connectivity index (χ1) is 17.8. The van der Waals surface area contributed by atoms with Gasteiger partial charge in [0.05, 0.1) is 17.4 Å². The zero-order valence-corrected chi connectivity index (χ0v) is 22.5. The van der Waals surface area contributed by atoms with Gasteiger partial charge in [0.15, 0.2) is 0 Å². The van der Waals surface area contributed by atoms with Crippen LogP contribution in [0.3, 0.4) is 0 Å². The number of aliphatic hydroxyl groups is 1. The van der Waals surface area contributed by atoms with E-state index in [0.717, 1.165) is 31.2 Å². The van der Waals surface area contributed by atoms with E-state index in [4.69, 9.17) is 4.74 Å². The molecule has 3 amide bonds. The Morgan fingerprint density at radius 3 is 2.54 bits per heavy atom. The predicted molar refractivity (Wildman–Crippen MR) is 140 cm³/mol. The van der Waals surface area contributed by atoms with Gasteiger partial charge in [0, 0.05) is 26.2 Å². The Morgan fingerprint density at radius 1 is 1.08 bits per heavy atom. The summed E-state index contributed by atoms with van der Waals surface area (Å²) < 4.78 is 6.73. The molecule has 1 spiro atoms. The molecule has 3 fully saturated rings. The summed E-state index contributed by atoms with van der Waals surface area (Å²) in [6, 6.07) is 8.95. The number of likely N-dealkylation sites (tertiary alicyclic amines) is 1. The number of nitrogens with zero attached hydrogens (tertiary/aromatic N) is 1. The van der Waals surface area contributed by atoms with Crippen molar-refractivity contribution in [1.82, 2.24) is 15.5 Å². The number of ether oxygens (including phenoxy) is 1. The number of hydrogen-bond acceptors (Lipinski definition) is 5. The van der Waals surface area contributed by atoms with Crippen LogP contribution < -0.4 is 10.6 Å². The molecule has 0 aromatic heterocycles. The molecular weight excluding hydrogens is 470 g/mol. The van der Waals surface area contributed by atoms with E-state index in [9.17, 15) is 19.5 Å². The normalized spacial score (nSPS) is 32.0. The van der Waals surface area contributed by atoms with Gasteiger partial charge in [-0.05, 0) is 50.5 Å². The summed E-state index contributed by atoms with van der Waals surface area (Å²) in [6.07, 6.45) is 5.64. The van der Waals surface area contributed by atoms with Crippen LogP contribution in [0.1, 0.15) is 71.3 Å². The van der Waals surface area contributed by atoms with E-state index >= 15 is 0 Å². The second-order valence-corrected chi connectivity index (χ2v) is 11.2. The third-order valence-electron chi connectivity index (χ3n) is 8.79. The predicted octanol–water partition coefficient (Wildman–Crippen LogP) is 2.78. The molecule has 3 saturated heterocycles. The van der Waals surface area contributed by atoms with E-state index in [1.54, 1.807) is 4.90 Å². The molecule has 3 aliphatic heterocycles. The summed E-state index contributed by atoms with van der Waals surface area (Å²) in [5, 5.41) is 15.3. The Hall–Kier alpha value is -2.45. The van der Waals surface area contributed by atoms with Gasteiger partial charge < -0.3 is 25.4 Å². The molecule has 6 atom stereocenters. The lowest BCUT2D eigenvalue weighted by atomic mass is 9.62. The third kappa shape index (κ3) is 5.02. The summed E-state index contributed by atoms with van der Waals surface area (Å²) in [5.74, 6) is -1.86. The molecule has 3 N–H and O–H groups in total. The Balaban J connectivity index is 1.60. The SMILES string of the molecule is CCCCCNC(=O)C1N(CCCCCO)C(=O)[C@@H]2[C@@H](C(=O)NCc3ccccc3)[C@]3(C)OC12CC3C. The zero-order valence-electron chi connectivity index (χ0n) is 22.5. The van der Waals surface area contributed by atoms with Gasteiger partial charge in [0.25, 0.3) is 0 Å². The van der Waals surface area contributed by atoms with Gasteiger partial charge in [-0.25, -0.2) is 0 Å². The van der Waals surface area contributed by atoms with Crippen LogP contribution in [0, 0.1) is 17.8 Å². The van der Waals surface area contributed by atoms with E-state index in [0.29, 0.717) is 38.9 Å². The first-order valence-corrected chi connectivity index (χ1v) is 14.0. The minimum atomic E-state index is -1.01. The van der Waals surface area contributed by atoms with Crippen molar-refractivity contribution < 1.29 is 24.2 Å². The van der Waals surface area contributed by atoms with E-state index in [1.165, 1.54) is 0 Å². The standard InChI is InChI=1S/C29H43N3O5/c1-4-5-10-15-30-26(35)24-29-18-20(2)28(3,37-29)22(25(34)31-19-21-13-8-6-9-14-21)23(29)27(36)32(24)16-11-7-12-17-33/h6,8-9,13-14,20,22-24,33H,4-5,7,10-12,15-19H2,1-3H3,(H,30,35)(H,31,34)/t20?,22-,23-,24?,28+,29?/m0/s1. The number of hydrogen-bond donors (Lipinski definition) is 3. The topological polar surface area (TPSA) is 108 Å². The summed E-state index contributed by atoms with van der Waals surface area (Å²) >= 11 is 0. The molecular formula is C29H43N3O5. The molecule has 0 saturated carbocycles. The molecule has 8 heteroatoms. The molecule has 3 heterocycles. The second kappa shape index (κ2) is 11.5. The number of benzene rings is 1. The number of aliphatic hydroxyl groups excluding tert-OH is 1. The van der Waals surface area contributed by atoms with Crippen molar-refractivity contribution in [1.29, 1.82) is 0 Å². The van der Waals surface area contributed by atoms with Crippen LogP contribution in [0.5, 0.6) is 0 Å². The van der Waals surface area contributed by atoms with Crippen molar-refractivity contribution in [2.24, 2.45) is 17.8 Å². The number of fused-ring (bicyclic) bond motifs is 1. The first kappa shape index (κ1) is 27.6. The number of carbonyl (C=O) groups excluding carboxylic acids is 3. The first-order valence-electron chi connectivity index (χ1n) is 14.0. The third-order valence-corrected chi connectivity index (χ3v) is 8.79. The van der Waals surface area contributed by atoms with Crippen LogP contribution in [0.4, 0.5) is 0 Å². The van der Waals surface area contributed by atoms with Crippen LogP contribution in [0.15, 0.2) is 30.3 Å². The maximum Gasteiger partial charge on any atom is 0.245 e. The minimum Gasteiger partial charge on any atom is -0.396 e. The molecule has 204 valence electrons. The lowest BCUT2D eigenvalue weighted by Crippen LogP contribution is -2.56. The smallest absolute Gasteiger partial charge is 0.245 e. The number of unbranched alkanes of at least 4 members (excludes halogenated alkanes) is 4. The molecule has 37 heavy (non-hydrogen) atoms. The van der Waals surface area contributed by atoms with Gasteiger partial charge in [-0.1, -0.05) is 57.0 Å². The van der Waals surface area contributed by atoms with Crippen molar-refractivity contribution in [3.05, 3.63) is 35.9 Å². The Labute approximate surface area is 220 Å². The van der Waals surface area contributed by atoms with Crippen molar-refractivity contribution in [3.8, 4) is 0 Å². The van der Waals surface area contributed by atoms with Gasteiger partial charge in [0.2, 0.25) is 17.7 Å². The summed E-state index contributed by atoms with van der Waals surface area (Å²) in [7, 11) is 0. The van der Waals surface area contributed by atoms with Crippen molar-refractivity contribution in [2.45, 2.75) is 89.5 Å². The maximum absolute atomic E-state index is 14.0. The maximum atomic E-state index is 14.0. The molecule has 0 aliphatic carbocycles. The highest BCUT2D eigenvalue weighted by molar-refractivity contribution is 5.99. The Morgan fingerprint density at radius 2 is 1.84 bits per heavy atom. The molecule has 1 aromatic rings. The number of rotatable bonds is 13. The largest absolute Gasteiger partial charge is 0.396 e. The van der Waals surface area contributed by atoms with E-state index in [-0.39, 0.29) is 30.2 Å². The fourth-order valence-electron chi connectivity index (χ4n) is 6.83. The molecule has 4 rings (SSSR count). The minimum absolute atomic E-state index is 0.0220. The average molecular weight is 514 g/mol. The van der Waals surface area contributed by atoms with Gasteiger partial charge >= 0.3 is 0 Å². The van der Waals surface area contributed by atoms with Crippen LogP contribution >= 0.6 is 0 Å². The highest BCUT2D eigenvalue weighted by Crippen LogP contribution is 2.65. The fourth-order valence-corrected chi connectivity index (χ4v) is 6.83. The summed E-state index contributed by atoms with van der Waals surface area (Å²) in [4.78, 5) is 43.0. The number of amides is 3. The van der Waals surface area contributed by atoms with Crippen LogP contribution in [0.2, 0.25) is 0 Å². The number of carbonyl (C=O) groups is 3. The lowest BCUT2D eigenvalue weighted by molar-refractivity contribution is -0.147. The van der Waals surface area contributed by atoms with Gasteiger partial charge in [0.1, 0.15) is 11.6 Å². The van der Waals surface area contributed by atoms with Crippen molar-refractivity contribution >= 4 is 17.7 Å². The molecule has 8 nitrogen and oxygen atoms in total. The quantitative estimate of drug-likeness (QED) is 0.352. The average Bonchev–Trinajstić information content (AvgIpc) is 3.40. The lowest BCUT2D eigenvalue weighted by Gasteiger charge is -2.36. The van der Waals surface area contributed by atoms with E-state index < -0.39 is 29.1 Å². The van der Waals surface area contributed by atoms with Gasteiger partial charge in [-0.15, -0.1) is 0 Å². The molecule has 3 aliphatic rings. The van der Waals surface area contributed by atoms with Crippen molar-refractivity contribution in [2.75, 3.05) is 19.7 Å². The van der Waals surface area contributed by atoms with Crippen molar-refractivity contribution in [3.63, 3.8) is 0 Å². The Bertz CT molecular complexity index is 972. The van der Waals surface area contributed by atoms with E-state index in [1.807, 2.05) is 37.3 Å². The highest BCUT2D eigenvalue weighted by Gasteiger charge is 2.79. The van der Waals surface area contributed by atoms with Crippen LogP contribution in [-0.2, 0) is 25.7 Å². The molecule has 0 radical (unpaired) electrons. The fraction of sp³-hybridized carbons (Fsp3) is 0.690. The monoisotopic (exact) mass is 513 g/mol. The number of nitrogens with one attached hydrogen (secondary N) is 2. The second-order valence-electron chi connectivity index (χ2n) is 11.2. The molecule has 2 bridgehead atoms. The van der Waals surface area contributed by atoms with Crippen LogP contribution in [-0.4, -0.2) is 64.7 Å². The van der Waals surface area contributed by atoms with Crippen LogP contribution in [0.25, 0.3) is 0 Å². The summed E-state index contributed by atoms with van der Waals surface area (Å²) in [6.45, 7) is 7.57. The van der Waals surface area contributed by atoms with E-state index in [2.05, 4.69) is 24.5 Å². The molecule has 3 unspecified atom stereocenters. The molecule has 1 aromatic carbocycles.